The smallest absolute Gasteiger partial charge is 0.307 e. The molecule has 6 heteroatoms. The lowest BCUT2D eigenvalue weighted by atomic mass is 10.3. The Morgan fingerprint density at radius 1 is 1.11 bits per heavy atom. The zero-order chi connectivity index (χ0) is 12.3. The topological polar surface area (TPSA) is 43.3 Å². The molecule has 0 fully saturated rings. The highest BCUT2D eigenvalue weighted by atomic mass is 79.9. The van der Waals surface area contributed by atoms with Crippen LogP contribution in [0.2, 0.25) is 0 Å². The molecule has 88 valence electrons. The number of halogens is 2. The lowest BCUT2D eigenvalue weighted by molar-refractivity contribution is 0.641. The number of nitrogens with zero attached hydrogens (tertiary/aromatic N) is 3. The van der Waals surface area contributed by atoms with Crippen molar-refractivity contribution in [2.45, 2.75) is 0 Å². The molecule has 0 aliphatic heterocycles. The minimum Gasteiger partial charge on any atom is -0.421 e. The average Bonchev–Trinajstić information content (AvgIpc) is 2.85. The Morgan fingerprint density at radius 3 is 2.89 bits per heavy atom. The maximum atomic E-state index is 5.69. The molecule has 4 rings (SSSR count). The monoisotopic (exact) mass is 365 g/mol. The van der Waals surface area contributed by atoms with Crippen molar-refractivity contribution in [3.8, 4) is 0 Å². The van der Waals surface area contributed by atoms with Crippen molar-refractivity contribution in [1.29, 1.82) is 0 Å². The van der Waals surface area contributed by atoms with Crippen molar-refractivity contribution < 1.29 is 4.42 Å². The van der Waals surface area contributed by atoms with Crippen LogP contribution in [-0.2, 0) is 0 Å². The van der Waals surface area contributed by atoms with Crippen LogP contribution in [0, 0.1) is 0 Å². The van der Waals surface area contributed by atoms with E-state index in [0.29, 0.717) is 5.84 Å². The Hall–Kier alpha value is -1.40. The van der Waals surface area contributed by atoms with Crippen LogP contribution in [0.4, 0.5) is 0 Å². The van der Waals surface area contributed by atoms with E-state index in [1.165, 1.54) is 0 Å². The molecule has 0 saturated heterocycles. The normalized spacial score (nSPS) is 11.9. The van der Waals surface area contributed by atoms with Crippen molar-refractivity contribution in [3.63, 3.8) is 0 Å². The molecule has 1 aromatic carbocycles. The number of rotatable bonds is 0. The SMILES string of the molecule is Brc1ccc2nc3oc4cnc(Br)cc4n3c2c1. The maximum Gasteiger partial charge on any atom is 0.307 e. The van der Waals surface area contributed by atoms with E-state index in [0.717, 1.165) is 31.2 Å². The van der Waals surface area contributed by atoms with Gasteiger partial charge >= 0.3 is 5.84 Å². The molecule has 4 aromatic rings. The lowest BCUT2D eigenvalue weighted by Gasteiger charge is -1.94. The summed E-state index contributed by atoms with van der Waals surface area (Å²) in [4.78, 5) is 8.61. The molecule has 0 aliphatic carbocycles. The lowest BCUT2D eigenvalue weighted by Crippen LogP contribution is -1.82. The first-order valence-electron chi connectivity index (χ1n) is 5.24. The fourth-order valence-corrected chi connectivity index (χ4v) is 2.76. The standard InChI is InChI=1S/C12H5Br2N3O/c13-6-1-2-7-8(3-6)17-9-4-11(14)15-5-10(9)18-12(17)16-7/h1-5H. The van der Waals surface area contributed by atoms with Gasteiger partial charge in [-0.1, -0.05) is 15.9 Å². The number of fused-ring (bicyclic) bond motifs is 5. The summed E-state index contributed by atoms with van der Waals surface area (Å²) in [6.07, 6.45) is 1.69. The third-order valence-electron chi connectivity index (χ3n) is 2.84. The summed E-state index contributed by atoms with van der Waals surface area (Å²) in [7, 11) is 0. The zero-order valence-corrected chi connectivity index (χ0v) is 12.1. The van der Waals surface area contributed by atoms with E-state index in [9.17, 15) is 0 Å². The summed E-state index contributed by atoms with van der Waals surface area (Å²) in [5.74, 6) is 0.581. The van der Waals surface area contributed by atoms with Gasteiger partial charge in [0.1, 0.15) is 4.60 Å². The van der Waals surface area contributed by atoms with Crippen LogP contribution in [0.15, 0.2) is 44.0 Å². The van der Waals surface area contributed by atoms with Crippen molar-refractivity contribution >= 4 is 59.8 Å². The van der Waals surface area contributed by atoms with Crippen LogP contribution in [0.3, 0.4) is 0 Å². The van der Waals surface area contributed by atoms with Crippen LogP contribution >= 0.6 is 31.9 Å². The minimum atomic E-state index is 0.581. The minimum absolute atomic E-state index is 0.581. The molecule has 4 nitrogen and oxygen atoms in total. The summed E-state index contributed by atoms with van der Waals surface area (Å²) in [6, 6.07) is 7.88. The molecule has 0 bridgehead atoms. The molecule has 0 unspecified atom stereocenters. The van der Waals surface area contributed by atoms with Crippen molar-refractivity contribution in [2.24, 2.45) is 0 Å². The Balaban J connectivity index is 2.30. The first-order chi connectivity index (χ1) is 8.72. The van der Waals surface area contributed by atoms with Gasteiger partial charge in [0.15, 0.2) is 5.58 Å². The van der Waals surface area contributed by atoms with Crippen molar-refractivity contribution in [2.75, 3.05) is 0 Å². The Labute approximate surface area is 118 Å². The first kappa shape index (κ1) is 10.5. The van der Waals surface area contributed by atoms with Gasteiger partial charge in [0.05, 0.1) is 22.7 Å². The quantitative estimate of drug-likeness (QED) is 0.439. The van der Waals surface area contributed by atoms with E-state index < -0.39 is 0 Å². The first-order valence-corrected chi connectivity index (χ1v) is 6.83. The summed E-state index contributed by atoms with van der Waals surface area (Å²) >= 11 is 6.85. The van der Waals surface area contributed by atoms with Gasteiger partial charge in [-0.25, -0.2) is 4.98 Å². The van der Waals surface area contributed by atoms with Crippen LogP contribution in [0.5, 0.6) is 0 Å². The molecular formula is C12H5Br2N3O. The number of oxazole rings is 1. The van der Waals surface area contributed by atoms with E-state index in [-0.39, 0.29) is 0 Å². The second-order valence-corrected chi connectivity index (χ2v) is 5.67. The molecule has 0 aliphatic rings. The largest absolute Gasteiger partial charge is 0.421 e. The molecule has 0 spiro atoms. The summed E-state index contributed by atoms with van der Waals surface area (Å²) in [5, 5.41) is 0. The molecule has 0 amide bonds. The van der Waals surface area contributed by atoms with Crippen LogP contribution in [0.25, 0.3) is 28.0 Å². The average molecular weight is 367 g/mol. The molecule has 0 N–H and O–H groups in total. The summed E-state index contributed by atoms with van der Waals surface area (Å²) < 4.78 is 9.46. The van der Waals surface area contributed by atoms with E-state index in [4.69, 9.17) is 4.42 Å². The van der Waals surface area contributed by atoms with Gasteiger partial charge in [0.2, 0.25) is 0 Å². The predicted molar refractivity (Wildman–Crippen MR) is 75.7 cm³/mol. The van der Waals surface area contributed by atoms with Crippen LogP contribution in [0.1, 0.15) is 0 Å². The summed E-state index contributed by atoms with van der Waals surface area (Å²) in [6.45, 7) is 0. The molecule has 0 saturated carbocycles. The van der Waals surface area contributed by atoms with Gasteiger partial charge in [-0.05, 0) is 40.2 Å². The number of hydrogen-bond acceptors (Lipinski definition) is 3. The fraction of sp³-hybridized carbons (Fsp3) is 0. The van der Waals surface area contributed by atoms with E-state index in [1.807, 2.05) is 28.7 Å². The predicted octanol–water partition coefficient (Wildman–Crippen LogP) is 4.15. The van der Waals surface area contributed by atoms with Crippen molar-refractivity contribution in [3.05, 3.63) is 39.5 Å². The highest BCUT2D eigenvalue weighted by molar-refractivity contribution is 9.10. The van der Waals surface area contributed by atoms with Crippen LogP contribution < -0.4 is 0 Å². The van der Waals surface area contributed by atoms with Crippen LogP contribution in [-0.4, -0.2) is 14.4 Å². The van der Waals surface area contributed by atoms with E-state index in [2.05, 4.69) is 41.8 Å². The molecule has 3 aromatic heterocycles. The van der Waals surface area contributed by atoms with Gasteiger partial charge < -0.3 is 4.42 Å². The Bertz CT molecular complexity index is 839. The number of benzene rings is 1. The van der Waals surface area contributed by atoms with Gasteiger partial charge in [-0.15, -0.1) is 0 Å². The summed E-state index contributed by atoms with van der Waals surface area (Å²) in [5.41, 5.74) is 3.60. The van der Waals surface area contributed by atoms with E-state index in [1.54, 1.807) is 6.20 Å². The molecule has 3 heterocycles. The van der Waals surface area contributed by atoms with Gasteiger partial charge in [-0.2, -0.15) is 4.98 Å². The maximum absolute atomic E-state index is 5.69. The molecule has 0 radical (unpaired) electrons. The fourth-order valence-electron chi connectivity index (χ4n) is 2.09. The Kier molecular flexibility index (Phi) is 2.07. The molecular weight excluding hydrogens is 362 g/mol. The number of hydrogen-bond donors (Lipinski definition) is 0. The second-order valence-electron chi connectivity index (χ2n) is 3.94. The van der Waals surface area contributed by atoms with Gasteiger partial charge in [0.25, 0.3) is 0 Å². The highest BCUT2D eigenvalue weighted by Gasteiger charge is 2.13. The zero-order valence-electron chi connectivity index (χ0n) is 8.89. The highest BCUT2D eigenvalue weighted by Crippen LogP contribution is 2.28. The second kappa shape index (κ2) is 3.55. The number of imidazole rings is 1. The van der Waals surface area contributed by atoms with E-state index >= 15 is 0 Å². The molecule has 18 heavy (non-hydrogen) atoms. The number of pyridine rings is 1. The van der Waals surface area contributed by atoms with Gasteiger partial charge in [-0.3, -0.25) is 4.40 Å². The van der Waals surface area contributed by atoms with Crippen molar-refractivity contribution in [1.82, 2.24) is 14.4 Å². The third-order valence-corrected chi connectivity index (χ3v) is 3.77. The Morgan fingerprint density at radius 2 is 2.00 bits per heavy atom. The van der Waals surface area contributed by atoms with Gasteiger partial charge in [0, 0.05) is 4.47 Å². The number of aromatic nitrogens is 3. The molecule has 0 atom stereocenters. The third kappa shape index (κ3) is 1.36.